The molecule has 0 amide bonds. The van der Waals surface area contributed by atoms with E-state index in [0.717, 1.165) is 27.8 Å². The zero-order chi connectivity index (χ0) is 13.8. The maximum absolute atomic E-state index is 11.1. The van der Waals surface area contributed by atoms with Gasteiger partial charge in [-0.15, -0.1) is 0 Å². The van der Waals surface area contributed by atoms with Gasteiger partial charge in [-0.1, -0.05) is 34.1 Å². The minimum Gasteiger partial charge on any atom is -0.694 e. The number of hydrogen-bond acceptors (Lipinski definition) is 3. The van der Waals surface area contributed by atoms with Gasteiger partial charge >= 0.3 is 0 Å². The first kappa shape index (κ1) is 13.9. The average molecular weight is 324 g/mol. The Kier molecular flexibility index (Phi) is 4.42. The SMILES string of the molecule is COc1ccc(CBr)cc1-c1cccc(N([O-])[OH2+])c1. The van der Waals surface area contributed by atoms with Crippen molar-refractivity contribution in [2.45, 2.75) is 5.33 Å². The molecule has 0 spiro atoms. The second-order valence-corrected chi connectivity index (χ2v) is 4.57. The maximum atomic E-state index is 11.1. The molecule has 2 N–H and O–H groups in total. The van der Waals surface area contributed by atoms with Gasteiger partial charge in [-0.05, 0) is 35.4 Å². The summed E-state index contributed by atoms with van der Waals surface area (Å²) < 4.78 is 5.35. The van der Waals surface area contributed by atoms with Crippen LogP contribution in [-0.2, 0) is 5.33 Å². The van der Waals surface area contributed by atoms with E-state index in [2.05, 4.69) is 15.9 Å². The number of nitrogens with zero attached hydrogens (tertiary/aromatic N) is 1. The maximum Gasteiger partial charge on any atom is 0.126 e. The average Bonchev–Trinajstić information content (AvgIpc) is 2.46. The lowest BCUT2D eigenvalue weighted by atomic mass is 10.0. The van der Waals surface area contributed by atoms with E-state index in [1.165, 1.54) is 0 Å². The van der Waals surface area contributed by atoms with E-state index in [-0.39, 0.29) is 5.23 Å². The van der Waals surface area contributed by atoms with Crippen LogP contribution in [0.3, 0.4) is 0 Å². The third-order valence-corrected chi connectivity index (χ3v) is 3.46. The fourth-order valence-corrected chi connectivity index (χ4v) is 2.21. The van der Waals surface area contributed by atoms with Crippen molar-refractivity contribution in [3.8, 4) is 16.9 Å². The molecule has 19 heavy (non-hydrogen) atoms. The Morgan fingerprint density at radius 3 is 2.68 bits per heavy atom. The summed E-state index contributed by atoms with van der Waals surface area (Å²) in [6.07, 6.45) is 0. The summed E-state index contributed by atoms with van der Waals surface area (Å²) in [5, 5.41) is 19.0. The molecule has 5 heteroatoms. The second kappa shape index (κ2) is 6.06. The van der Waals surface area contributed by atoms with Crippen molar-refractivity contribution < 1.29 is 9.94 Å². The lowest BCUT2D eigenvalue weighted by Gasteiger charge is -2.17. The zero-order valence-corrected chi connectivity index (χ0v) is 12.0. The fraction of sp³-hybridized carbons (Fsp3) is 0.143. The van der Waals surface area contributed by atoms with Gasteiger partial charge in [0.2, 0.25) is 0 Å². The normalized spacial score (nSPS) is 10.3. The summed E-state index contributed by atoms with van der Waals surface area (Å²) in [5.41, 5.74) is 3.17. The first-order valence-corrected chi connectivity index (χ1v) is 6.79. The van der Waals surface area contributed by atoms with Gasteiger partial charge in [-0.2, -0.15) is 5.23 Å². The number of rotatable bonds is 4. The van der Waals surface area contributed by atoms with E-state index in [1.807, 2.05) is 24.3 Å². The van der Waals surface area contributed by atoms with Crippen molar-refractivity contribution in [2.24, 2.45) is 0 Å². The molecule has 2 aromatic rings. The van der Waals surface area contributed by atoms with E-state index < -0.39 is 0 Å². The molecule has 0 atom stereocenters. The minimum absolute atomic E-state index is 0.102. The first-order chi connectivity index (χ1) is 9.15. The molecule has 0 aromatic heterocycles. The lowest BCUT2D eigenvalue weighted by Crippen LogP contribution is -2.06. The molecule has 100 valence electrons. The molecule has 0 saturated heterocycles. The summed E-state index contributed by atoms with van der Waals surface area (Å²) in [6.45, 7) is 0. The zero-order valence-electron chi connectivity index (χ0n) is 10.4. The Hall–Kier alpha value is -1.56. The van der Waals surface area contributed by atoms with E-state index in [0.29, 0.717) is 5.69 Å². The third-order valence-electron chi connectivity index (χ3n) is 2.81. The van der Waals surface area contributed by atoms with Crippen molar-refractivity contribution in [3.05, 3.63) is 53.2 Å². The molecule has 0 unspecified atom stereocenters. The highest BCUT2D eigenvalue weighted by molar-refractivity contribution is 9.08. The molecule has 0 heterocycles. The van der Waals surface area contributed by atoms with E-state index in [4.69, 9.17) is 9.94 Å². The molecular weight excluding hydrogens is 310 g/mol. The standard InChI is InChI=1S/C14H13BrNO3/c1-19-14-6-5-10(9-15)7-13(14)11-3-2-4-12(8-11)16(17)18/h2-8,17H,9H2,1H3/q-1/p+1. The molecule has 0 saturated carbocycles. The molecule has 0 radical (unpaired) electrons. The van der Waals surface area contributed by atoms with E-state index in [1.54, 1.807) is 25.3 Å². The van der Waals surface area contributed by atoms with Crippen LogP contribution in [0.25, 0.3) is 11.1 Å². The van der Waals surface area contributed by atoms with Crippen LogP contribution >= 0.6 is 15.9 Å². The van der Waals surface area contributed by atoms with Crippen LogP contribution in [0.5, 0.6) is 5.75 Å². The van der Waals surface area contributed by atoms with Crippen molar-refractivity contribution in [3.63, 3.8) is 0 Å². The smallest absolute Gasteiger partial charge is 0.126 e. The highest BCUT2D eigenvalue weighted by atomic mass is 79.9. The van der Waals surface area contributed by atoms with Crippen LogP contribution in [0.2, 0.25) is 0 Å². The second-order valence-electron chi connectivity index (χ2n) is 4.01. The molecule has 0 aliphatic carbocycles. The molecule has 0 bridgehead atoms. The van der Waals surface area contributed by atoms with Gasteiger partial charge in [-0.25, -0.2) is 0 Å². The summed E-state index contributed by atoms with van der Waals surface area (Å²) in [5.74, 6) is 0.740. The van der Waals surface area contributed by atoms with Crippen LogP contribution in [-0.4, -0.2) is 12.3 Å². The summed E-state index contributed by atoms with van der Waals surface area (Å²) >= 11 is 3.42. The molecular formula is C14H14BrNO3. The van der Waals surface area contributed by atoms with Crippen molar-refractivity contribution >= 4 is 21.6 Å². The Bertz CT molecular complexity index is 572. The topological polar surface area (TPSA) is 58.4 Å². The van der Waals surface area contributed by atoms with Gasteiger partial charge in [0, 0.05) is 10.9 Å². The van der Waals surface area contributed by atoms with Crippen molar-refractivity contribution in [1.82, 2.24) is 0 Å². The highest BCUT2D eigenvalue weighted by Crippen LogP contribution is 2.33. The largest absolute Gasteiger partial charge is 0.694 e. The number of hydrogen-bond donors (Lipinski definition) is 0. The summed E-state index contributed by atoms with van der Waals surface area (Å²) in [4.78, 5) is 0. The first-order valence-electron chi connectivity index (χ1n) is 5.67. The highest BCUT2D eigenvalue weighted by Gasteiger charge is 2.08. The summed E-state index contributed by atoms with van der Waals surface area (Å²) in [6, 6.07) is 12.8. The summed E-state index contributed by atoms with van der Waals surface area (Å²) in [7, 11) is 1.61. The van der Waals surface area contributed by atoms with Gasteiger partial charge in [0.25, 0.3) is 0 Å². The third kappa shape index (κ3) is 3.07. The van der Waals surface area contributed by atoms with E-state index >= 15 is 0 Å². The number of anilines is 1. The Labute approximate surface area is 119 Å². The van der Waals surface area contributed by atoms with Crippen LogP contribution in [0.15, 0.2) is 42.5 Å². The number of benzene rings is 2. The van der Waals surface area contributed by atoms with Crippen LogP contribution in [0, 0.1) is 5.21 Å². The molecule has 2 aromatic carbocycles. The van der Waals surface area contributed by atoms with Gasteiger partial charge in [-0.3, -0.25) is 0 Å². The van der Waals surface area contributed by atoms with Crippen LogP contribution in [0.1, 0.15) is 5.56 Å². The number of methoxy groups -OCH3 is 1. The minimum atomic E-state index is 0.102. The predicted octanol–water partition coefficient (Wildman–Crippen LogP) is 3.20. The lowest BCUT2D eigenvalue weighted by molar-refractivity contribution is 0.296. The Balaban J connectivity index is 2.53. The van der Waals surface area contributed by atoms with E-state index in [9.17, 15) is 5.21 Å². The Morgan fingerprint density at radius 2 is 2.05 bits per heavy atom. The molecule has 0 aliphatic heterocycles. The predicted molar refractivity (Wildman–Crippen MR) is 80.5 cm³/mol. The number of alkyl halides is 1. The molecule has 4 nitrogen and oxygen atoms in total. The number of halogens is 1. The molecule has 2 rings (SSSR count). The quantitative estimate of drug-likeness (QED) is 0.493. The van der Waals surface area contributed by atoms with Gasteiger partial charge in [0.1, 0.15) is 5.75 Å². The monoisotopic (exact) mass is 323 g/mol. The number of ether oxygens (including phenoxy) is 1. The molecule has 0 aliphatic rings. The fourth-order valence-electron chi connectivity index (χ4n) is 1.86. The van der Waals surface area contributed by atoms with Gasteiger partial charge in [0.15, 0.2) is 0 Å². The Morgan fingerprint density at radius 1 is 1.26 bits per heavy atom. The van der Waals surface area contributed by atoms with Gasteiger partial charge in [0.05, 0.1) is 12.8 Å². The molecule has 0 fully saturated rings. The van der Waals surface area contributed by atoms with Crippen LogP contribution < -0.4 is 9.96 Å². The van der Waals surface area contributed by atoms with Crippen LogP contribution in [0.4, 0.5) is 5.69 Å². The van der Waals surface area contributed by atoms with Gasteiger partial charge < -0.3 is 15.2 Å². The van der Waals surface area contributed by atoms with Crippen molar-refractivity contribution in [2.75, 3.05) is 12.3 Å². The van der Waals surface area contributed by atoms with Crippen molar-refractivity contribution in [1.29, 1.82) is 0 Å².